The molecule has 0 radical (unpaired) electrons. The van der Waals surface area contributed by atoms with Crippen LogP contribution in [0.1, 0.15) is 11.5 Å². The van der Waals surface area contributed by atoms with Gasteiger partial charge in [-0.15, -0.1) is 0 Å². The van der Waals surface area contributed by atoms with E-state index in [9.17, 15) is 0 Å². The molecule has 2 rings (SSSR count). The van der Waals surface area contributed by atoms with Crippen molar-refractivity contribution in [2.75, 3.05) is 0 Å². The Morgan fingerprint density at radius 3 is 2.18 bits per heavy atom. The normalized spacial score (nSPS) is 28.6. The maximum atomic E-state index is 5.10. The van der Waals surface area contributed by atoms with Gasteiger partial charge >= 0.3 is 0 Å². The summed E-state index contributed by atoms with van der Waals surface area (Å²) in [6.45, 7) is 0. The van der Waals surface area contributed by atoms with E-state index in [1.165, 1.54) is 5.56 Å². The summed E-state index contributed by atoms with van der Waals surface area (Å²) in [5.74, 6) is 0.439. The average Bonchev–Trinajstić information content (AvgIpc) is 2.62. The number of hydrogen-bond donors (Lipinski definition) is 1. The van der Waals surface area contributed by atoms with Crippen LogP contribution in [0.4, 0.5) is 0 Å². The standard InChI is InChI=1S/C9H8S2/c10-8-7(9(8)11)6-4-2-1-3-5-6/h1-5,7-8,10H. The molecule has 0 spiro atoms. The second-order valence-electron chi connectivity index (χ2n) is 2.74. The SMILES string of the molecule is S=C1C(S)C1c1ccccc1. The maximum absolute atomic E-state index is 5.10. The molecule has 1 aromatic carbocycles. The molecule has 1 aliphatic carbocycles. The second-order valence-corrected chi connectivity index (χ2v) is 3.76. The van der Waals surface area contributed by atoms with Gasteiger partial charge in [0.05, 0.1) is 0 Å². The number of hydrogen-bond acceptors (Lipinski definition) is 2. The van der Waals surface area contributed by atoms with Gasteiger partial charge in [-0.05, 0) is 5.56 Å². The molecule has 1 aromatic rings. The highest BCUT2D eigenvalue weighted by Gasteiger charge is 2.42. The molecule has 2 unspecified atom stereocenters. The number of benzene rings is 1. The molecule has 0 amide bonds. The topological polar surface area (TPSA) is 0 Å². The first-order chi connectivity index (χ1) is 5.30. The fourth-order valence-corrected chi connectivity index (χ4v) is 2.08. The number of rotatable bonds is 1. The van der Waals surface area contributed by atoms with Crippen molar-refractivity contribution in [2.45, 2.75) is 11.2 Å². The van der Waals surface area contributed by atoms with Crippen LogP contribution in [0.2, 0.25) is 0 Å². The molecule has 1 saturated carbocycles. The summed E-state index contributed by atoms with van der Waals surface area (Å²) in [4.78, 5) is 1.08. The summed E-state index contributed by atoms with van der Waals surface area (Å²) in [5.41, 5.74) is 1.30. The van der Waals surface area contributed by atoms with Crippen LogP contribution in [0.5, 0.6) is 0 Å². The molecule has 1 fully saturated rings. The van der Waals surface area contributed by atoms with Crippen LogP contribution in [-0.2, 0) is 0 Å². The Bertz CT molecular complexity index is 279. The van der Waals surface area contributed by atoms with Crippen molar-refractivity contribution in [1.82, 2.24) is 0 Å². The Labute approximate surface area is 77.0 Å². The first kappa shape index (κ1) is 7.32. The van der Waals surface area contributed by atoms with E-state index in [4.69, 9.17) is 12.2 Å². The minimum atomic E-state index is 0.326. The van der Waals surface area contributed by atoms with E-state index in [2.05, 4.69) is 24.8 Å². The fourth-order valence-electron chi connectivity index (χ4n) is 1.23. The Kier molecular flexibility index (Phi) is 1.74. The predicted molar refractivity (Wildman–Crippen MR) is 54.6 cm³/mol. The lowest BCUT2D eigenvalue weighted by molar-refractivity contribution is 1.19. The van der Waals surface area contributed by atoms with Crippen LogP contribution in [0.15, 0.2) is 30.3 Å². The molecule has 2 atom stereocenters. The maximum Gasteiger partial charge on any atom is 0.0452 e. The van der Waals surface area contributed by atoms with Gasteiger partial charge in [-0.2, -0.15) is 12.6 Å². The summed E-state index contributed by atoms with van der Waals surface area (Å²) >= 11 is 9.44. The van der Waals surface area contributed by atoms with Crippen molar-refractivity contribution >= 4 is 29.7 Å². The lowest BCUT2D eigenvalue weighted by Crippen LogP contribution is -1.79. The molecule has 0 heterocycles. The van der Waals surface area contributed by atoms with Crippen LogP contribution >= 0.6 is 24.8 Å². The lowest BCUT2D eigenvalue weighted by atomic mass is 10.1. The molecule has 1 aliphatic rings. The lowest BCUT2D eigenvalue weighted by Gasteiger charge is -1.93. The van der Waals surface area contributed by atoms with Gasteiger partial charge in [0.25, 0.3) is 0 Å². The zero-order valence-electron chi connectivity index (χ0n) is 5.90. The van der Waals surface area contributed by atoms with Gasteiger partial charge < -0.3 is 0 Å². The summed E-state index contributed by atoms with van der Waals surface area (Å²) in [5, 5.41) is 0.326. The first-order valence-electron chi connectivity index (χ1n) is 3.57. The van der Waals surface area contributed by atoms with E-state index in [-0.39, 0.29) is 0 Å². The molecule has 0 aromatic heterocycles. The zero-order valence-corrected chi connectivity index (χ0v) is 7.61. The third-order valence-electron chi connectivity index (χ3n) is 1.96. The zero-order chi connectivity index (χ0) is 7.84. The molecule has 56 valence electrons. The van der Waals surface area contributed by atoms with Gasteiger partial charge in [-0.1, -0.05) is 42.5 Å². The van der Waals surface area contributed by atoms with Gasteiger partial charge in [0.2, 0.25) is 0 Å². The Morgan fingerprint density at radius 1 is 1.18 bits per heavy atom. The van der Waals surface area contributed by atoms with Crippen molar-refractivity contribution < 1.29 is 0 Å². The molecule has 0 N–H and O–H groups in total. The smallest absolute Gasteiger partial charge is 0.0452 e. The predicted octanol–water partition coefficient (Wildman–Crippen LogP) is 2.45. The fraction of sp³-hybridized carbons (Fsp3) is 0.222. The molecule has 0 saturated heterocycles. The Balaban J connectivity index is 2.27. The molecule has 2 heteroatoms. The average molecular weight is 180 g/mol. The third-order valence-corrected chi connectivity index (χ3v) is 3.22. The minimum absolute atomic E-state index is 0.326. The van der Waals surface area contributed by atoms with Crippen molar-refractivity contribution in [3.05, 3.63) is 35.9 Å². The van der Waals surface area contributed by atoms with Gasteiger partial charge in [-0.3, -0.25) is 0 Å². The van der Waals surface area contributed by atoms with Crippen LogP contribution in [0.25, 0.3) is 0 Å². The minimum Gasteiger partial charge on any atom is -0.170 e. The molecular weight excluding hydrogens is 172 g/mol. The molecule has 0 nitrogen and oxygen atoms in total. The number of thiol groups is 1. The largest absolute Gasteiger partial charge is 0.170 e. The van der Waals surface area contributed by atoms with Crippen molar-refractivity contribution in [3.63, 3.8) is 0 Å². The van der Waals surface area contributed by atoms with Gasteiger partial charge in [-0.25, -0.2) is 0 Å². The van der Waals surface area contributed by atoms with Crippen LogP contribution in [0.3, 0.4) is 0 Å². The summed E-state index contributed by atoms with van der Waals surface area (Å²) in [6, 6.07) is 10.3. The van der Waals surface area contributed by atoms with Gasteiger partial charge in [0.15, 0.2) is 0 Å². The van der Waals surface area contributed by atoms with Crippen molar-refractivity contribution in [2.24, 2.45) is 0 Å². The van der Waals surface area contributed by atoms with E-state index in [1.807, 2.05) is 18.2 Å². The Morgan fingerprint density at radius 2 is 1.73 bits per heavy atom. The van der Waals surface area contributed by atoms with E-state index < -0.39 is 0 Å². The first-order valence-corrected chi connectivity index (χ1v) is 4.50. The van der Waals surface area contributed by atoms with Crippen LogP contribution in [0, 0.1) is 0 Å². The highest BCUT2D eigenvalue weighted by molar-refractivity contribution is 7.88. The summed E-state index contributed by atoms with van der Waals surface area (Å²) < 4.78 is 0. The van der Waals surface area contributed by atoms with Gasteiger partial charge in [0, 0.05) is 16.0 Å². The van der Waals surface area contributed by atoms with E-state index in [0.29, 0.717) is 11.2 Å². The molecule has 0 bridgehead atoms. The highest BCUT2D eigenvalue weighted by Crippen LogP contribution is 2.41. The van der Waals surface area contributed by atoms with E-state index >= 15 is 0 Å². The summed E-state index contributed by atoms with van der Waals surface area (Å²) in [6.07, 6.45) is 0. The van der Waals surface area contributed by atoms with Gasteiger partial charge in [0.1, 0.15) is 0 Å². The van der Waals surface area contributed by atoms with E-state index in [1.54, 1.807) is 0 Å². The quantitative estimate of drug-likeness (QED) is 0.511. The number of thiocarbonyl (C=S) groups is 1. The van der Waals surface area contributed by atoms with E-state index in [0.717, 1.165) is 4.86 Å². The highest BCUT2D eigenvalue weighted by atomic mass is 32.1. The summed E-state index contributed by atoms with van der Waals surface area (Å²) in [7, 11) is 0. The monoisotopic (exact) mass is 180 g/mol. The van der Waals surface area contributed by atoms with Crippen molar-refractivity contribution in [3.8, 4) is 0 Å². The van der Waals surface area contributed by atoms with Crippen LogP contribution < -0.4 is 0 Å². The van der Waals surface area contributed by atoms with Crippen LogP contribution in [-0.4, -0.2) is 10.1 Å². The molecular formula is C9H8S2. The molecule has 11 heavy (non-hydrogen) atoms. The molecule has 0 aliphatic heterocycles. The van der Waals surface area contributed by atoms with Crippen molar-refractivity contribution in [1.29, 1.82) is 0 Å². The second kappa shape index (κ2) is 2.61. The third kappa shape index (κ3) is 1.21. The Hall–Kier alpha value is -0.340.